The van der Waals surface area contributed by atoms with Gasteiger partial charge in [-0.2, -0.15) is 5.10 Å². The molecule has 0 aliphatic rings. The fourth-order valence-corrected chi connectivity index (χ4v) is 2.01. The van der Waals surface area contributed by atoms with Crippen LogP contribution in [-0.4, -0.2) is 27.8 Å². The fraction of sp³-hybridized carbons (Fsp3) is 0.300. The van der Waals surface area contributed by atoms with Gasteiger partial charge < -0.3 is 10.1 Å². The number of nitrogens with one attached hydrogen (secondary N) is 1. The van der Waals surface area contributed by atoms with Crippen LogP contribution in [0.5, 0.6) is 0 Å². The quantitative estimate of drug-likeness (QED) is 0.831. The Balaban J connectivity index is 2.01. The molecule has 2 aromatic rings. The molecule has 90 valence electrons. The molecule has 0 amide bonds. The van der Waals surface area contributed by atoms with Crippen LogP contribution in [0.15, 0.2) is 17.8 Å². The number of rotatable bonds is 4. The summed E-state index contributed by atoms with van der Waals surface area (Å²) in [7, 11) is 3.21. The van der Waals surface area contributed by atoms with Crippen LogP contribution in [0.2, 0.25) is 0 Å². The largest absolute Gasteiger partial charge is 0.469 e. The van der Waals surface area contributed by atoms with Crippen LogP contribution in [0.25, 0.3) is 0 Å². The van der Waals surface area contributed by atoms with Crippen LogP contribution in [0, 0.1) is 0 Å². The number of carbonyl (C=O) groups excluding carboxylic acids is 1. The Morgan fingerprint density at radius 1 is 1.65 bits per heavy atom. The lowest BCUT2D eigenvalue weighted by Crippen LogP contribution is -2.04. The summed E-state index contributed by atoms with van der Waals surface area (Å²) in [4.78, 5) is 15.3. The smallest absolute Gasteiger partial charge is 0.311 e. The van der Waals surface area contributed by atoms with Crippen LogP contribution in [0.4, 0.5) is 10.8 Å². The molecule has 0 saturated carbocycles. The fourth-order valence-electron chi connectivity index (χ4n) is 1.27. The second-order valence-corrected chi connectivity index (χ2v) is 4.28. The first-order chi connectivity index (χ1) is 8.17. The van der Waals surface area contributed by atoms with Crippen molar-refractivity contribution in [2.45, 2.75) is 6.42 Å². The maximum absolute atomic E-state index is 11.1. The first-order valence-electron chi connectivity index (χ1n) is 4.94. The minimum atomic E-state index is -0.289. The highest BCUT2D eigenvalue weighted by Crippen LogP contribution is 2.20. The molecule has 0 aliphatic carbocycles. The van der Waals surface area contributed by atoms with Crippen LogP contribution in [0.3, 0.4) is 0 Å². The molecule has 1 N–H and O–H groups in total. The van der Waals surface area contributed by atoms with E-state index in [1.54, 1.807) is 10.9 Å². The van der Waals surface area contributed by atoms with Crippen LogP contribution in [0.1, 0.15) is 5.69 Å². The second-order valence-electron chi connectivity index (χ2n) is 3.42. The molecule has 2 heterocycles. The van der Waals surface area contributed by atoms with Crippen molar-refractivity contribution in [1.82, 2.24) is 14.8 Å². The average molecular weight is 252 g/mol. The molecule has 6 nitrogen and oxygen atoms in total. The maximum atomic E-state index is 11.1. The third-order valence-electron chi connectivity index (χ3n) is 2.06. The normalized spacial score (nSPS) is 10.2. The van der Waals surface area contributed by atoms with Crippen molar-refractivity contribution in [2.75, 3.05) is 12.4 Å². The van der Waals surface area contributed by atoms with Crippen molar-refractivity contribution >= 4 is 28.1 Å². The minimum absolute atomic E-state index is 0.196. The maximum Gasteiger partial charge on any atom is 0.311 e. The zero-order chi connectivity index (χ0) is 12.3. The number of anilines is 2. The molecule has 0 unspecified atom stereocenters. The van der Waals surface area contributed by atoms with Gasteiger partial charge in [0.05, 0.1) is 31.1 Å². The third-order valence-corrected chi connectivity index (χ3v) is 2.87. The molecule has 2 aromatic heterocycles. The van der Waals surface area contributed by atoms with Gasteiger partial charge in [-0.15, -0.1) is 11.3 Å². The molecule has 0 atom stereocenters. The molecular weight excluding hydrogens is 240 g/mol. The summed E-state index contributed by atoms with van der Waals surface area (Å²) in [5.41, 5.74) is 1.57. The highest BCUT2D eigenvalue weighted by atomic mass is 32.1. The van der Waals surface area contributed by atoms with Gasteiger partial charge in [0.1, 0.15) is 0 Å². The first-order valence-corrected chi connectivity index (χ1v) is 5.82. The van der Waals surface area contributed by atoms with E-state index in [1.165, 1.54) is 18.4 Å². The van der Waals surface area contributed by atoms with E-state index in [2.05, 4.69) is 20.1 Å². The summed E-state index contributed by atoms with van der Waals surface area (Å²) in [6.45, 7) is 0. The number of nitrogens with zero attached hydrogens (tertiary/aromatic N) is 3. The molecule has 0 spiro atoms. The Hall–Kier alpha value is -1.89. The highest BCUT2D eigenvalue weighted by Gasteiger charge is 2.08. The van der Waals surface area contributed by atoms with Crippen molar-refractivity contribution in [3.63, 3.8) is 0 Å². The highest BCUT2D eigenvalue weighted by molar-refractivity contribution is 7.13. The van der Waals surface area contributed by atoms with Gasteiger partial charge in [0, 0.05) is 18.6 Å². The molecule has 0 aliphatic heterocycles. The van der Waals surface area contributed by atoms with Gasteiger partial charge in [0.2, 0.25) is 0 Å². The number of aromatic nitrogens is 3. The number of ether oxygens (including phenoxy) is 1. The third kappa shape index (κ3) is 3.04. The van der Waals surface area contributed by atoms with Crippen molar-refractivity contribution in [1.29, 1.82) is 0 Å². The molecule has 0 radical (unpaired) electrons. The van der Waals surface area contributed by atoms with Gasteiger partial charge in [0.15, 0.2) is 5.13 Å². The summed E-state index contributed by atoms with van der Waals surface area (Å²) in [5, 5.41) is 9.71. The van der Waals surface area contributed by atoms with Crippen LogP contribution < -0.4 is 5.32 Å². The molecule has 2 rings (SSSR count). The molecular formula is C10H12N4O2S. The Bertz CT molecular complexity index is 520. The van der Waals surface area contributed by atoms with Crippen molar-refractivity contribution in [2.24, 2.45) is 7.05 Å². The standard InChI is InChI=1S/C10H12N4O2S/c1-14-5-8(4-11-14)13-10-12-7(6-17-10)3-9(15)16-2/h4-6H,3H2,1-2H3,(H,12,13). The van der Waals surface area contributed by atoms with Crippen LogP contribution in [-0.2, 0) is 23.0 Å². The van der Waals surface area contributed by atoms with E-state index in [0.717, 1.165) is 10.8 Å². The van der Waals surface area contributed by atoms with E-state index in [4.69, 9.17) is 0 Å². The van der Waals surface area contributed by atoms with Gasteiger partial charge in [0.25, 0.3) is 0 Å². The molecule has 0 bridgehead atoms. The Labute approximate surface area is 102 Å². The van der Waals surface area contributed by atoms with Crippen molar-refractivity contribution in [3.8, 4) is 0 Å². The van der Waals surface area contributed by atoms with E-state index in [1.807, 2.05) is 18.6 Å². The second kappa shape index (κ2) is 4.96. The molecule has 7 heteroatoms. The lowest BCUT2D eigenvalue weighted by atomic mass is 10.3. The van der Waals surface area contributed by atoms with E-state index in [0.29, 0.717) is 5.69 Å². The molecule has 0 saturated heterocycles. The number of methoxy groups -OCH3 is 1. The number of hydrogen-bond acceptors (Lipinski definition) is 6. The van der Waals surface area contributed by atoms with Gasteiger partial charge in [-0.1, -0.05) is 0 Å². The van der Waals surface area contributed by atoms with Crippen molar-refractivity contribution < 1.29 is 9.53 Å². The SMILES string of the molecule is COC(=O)Cc1csc(Nc2cnn(C)c2)n1. The summed E-state index contributed by atoms with van der Waals surface area (Å²) in [5.74, 6) is -0.289. The van der Waals surface area contributed by atoms with Gasteiger partial charge in [-0.25, -0.2) is 4.98 Å². The minimum Gasteiger partial charge on any atom is -0.469 e. The number of aryl methyl sites for hydroxylation is 1. The van der Waals surface area contributed by atoms with E-state index < -0.39 is 0 Å². The first kappa shape index (κ1) is 11.6. The number of hydrogen-bond donors (Lipinski definition) is 1. The van der Waals surface area contributed by atoms with Crippen LogP contribution >= 0.6 is 11.3 Å². The van der Waals surface area contributed by atoms with Gasteiger partial charge in [-0.3, -0.25) is 9.48 Å². The number of thiazole rings is 1. The topological polar surface area (TPSA) is 69.0 Å². The van der Waals surface area contributed by atoms with E-state index in [-0.39, 0.29) is 12.4 Å². The predicted octanol–water partition coefficient (Wildman–Crippen LogP) is 1.34. The number of esters is 1. The monoisotopic (exact) mass is 252 g/mol. The zero-order valence-corrected chi connectivity index (χ0v) is 10.3. The van der Waals surface area contributed by atoms with Crippen molar-refractivity contribution in [3.05, 3.63) is 23.5 Å². The Morgan fingerprint density at radius 3 is 3.12 bits per heavy atom. The zero-order valence-electron chi connectivity index (χ0n) is 9.51. The van der Waals surface area contributed by atoms with Gasteiger partial charge in [-0.05, 0) is 0 Å². The summed E-state index contributed by atoms with van der Waals surface area (Å²) >= 11 is 1.44. The summed E-state index contributed by atoms with van der Waals surface area (Å²) in [6, 6.07) is 0. The summed E-state index contributed by atoms with van der Waals surface area (Å²) < 4.78 is 6.28. The lowest BCUT2D eigenvalue weighted by molar-refractivity contribution is -0.139. The Morgan fingerprint density at radius 2 is 2.47 bits per heavy atom. The molecule has 0 aromatic carbocycles. The molecule has 0 fully saturated rings. The Kier molecular flexibility index (Phi) is 3.38. The van der Waals surface area contributed by atoms with E-state index >= 15 is 0 Å². The average Bonchev–Trinajstić information content (AvgIpc) is 2.89. The van der Waals surface area contributed by atoms with E-state index in [9.17, 15) is 4.79 Å². The number of carbonyl (C=O) groups is 1. The molecule has 17 heavy (non-hydrogen) atoms. The lowest BCUT2D eigenvalue weighted by Gasteiger charge is -1.96. The predicted molar refractivity (Wildman–Crippen MR) is 64.3 cm³/mol. The van der Waals surface area contributed by atoms with Gasteiger partial charge >= 0.3 is 5.97 Å². The summed E-state index contributed by atoms with van der Waals surface area (Å²) in [6.07, 6.45) is 3.75.